The van der Waals surface area contributed by atoms with E-state index in [0.29, 0.717) is 27.4 Å². The molecule has 0 fully saturated rings. The summed E-state index contributed by atoms with van der Waals surface area (Å²) in [4.78, 5) is 15.6. The van der Waals surface area contributed by atoms with Crippen molar-refractivity contribution in [2.75, 3.05) is 7.11 Å². The Balaban J connectivity index is 2.26. The van der Waals surface area contributed by atoms with Gasteiger partial charge < -0.3 is 9.47 Å². The summed E-state index contributed by atoms with van der Waals surface area (Å²) in [5.74, 6) is -0.0782. The Bertz CT molecular complexity index is 661. The van der Waals surface area contributed by atoms with E-state index < -0.39 is 5.97 Å². The molecular weight excluding hydrogens is 329 g/mol. The van der Waals surface area contributed by atoms with Gasteiger partial charge in [0, 0.05) is 6.07 Å². The molecule has 1 aromatic heterocycles. The molecule has 2 rings (SSSR count). The van der Waals surface area contributed by atoms with Gasteiger partial charge in [0.05, 0.1) is 22.8 Å². The molecule has 0 spiro atoms. The van der Waals surface area contributed by atoms with E-state index in [9.17, 15) is 9.18 Å². The average Bonchev–Trinajstić information content (AvgIpc) is 2.41. The molecule has 20 heavy (non-hydrogen) atoms. The van der Waals surface area contributed by atoms with Crippen LogP contribution in [0.4, 0.5) is 4.39 Å². The van der Waals surface area contributed by atoms with E-state index in [0.717, 1.165) is 0 Å². The van der Waals surface area contributed by atoms with Crippen LogP contribution in [0.3, 0.4) is 0 Å². The summed E-state index contributed by atoms with van der Waals surface area (Å²) < 4.78 is 23.6. The maximum atomic E-state index is 13.0. The van der Waals surface area contributed by atoms with Crippen molar-refractivity contribution in [1.29, 1.82) is 0 Å². The number of ether oxygens (including phenoxy) is 2. The molecule has 0 aliphatic rings. The number of benzene rings is 1. The Labute approximate surface area is 123 Å². The molecule has 2 aromatic rings. The second-order valence-corrected chi connectivity index (χ2v) is 4.81. The van der Waals surface area contributed by atoms with Crippen LogP contribution in [0.1, 0.15) is 16.1 Å². The highest BCUT2D eigenvalue weighted by atomic mass is 79.9. The number of methoxy groups -OCH3 is 1. The van der Waals surface area contributed by atoms with Gasteiger partial charge in [-0.3, -0.25) is 0 Å². The van der Waals surface area contributed by atoms with E-state index in [2.05, 4.69) is 25.7 Å². The fraction of sp³-hybridized carbons (Fsp3) is 0.143. The molecule has 104 valence electrons. The SMILES string of the molecule is COC(=O)c1ccc(Oc2ccc(F)cc2Br)nc1C. The number of nitrogens with zero attached hydrogens (tertiary/aromatic N) is 1. The lowest BCUT2D eigenvalue weighted by Crippen LogP contribution is -2.05. The van der Waals surface area contributed by atoms with Gasteiger partial charge >= 0.3 is 5.97 Å². The molecule has 6 heteroatoms. The van der Waals surface area contributed by atoms with Gasteiger partial charge in [0.1, 0.15) is 11.6 Å². The lowest BCUT2D eigenvalue weighted by molar-refractivity contribution is 0.0599. The monoisotopic (exact) mass is 339 g/mol. The molecule has 0 saturated carbocycles. The lowest BCUT2D eigenvalue weighted by Gasteiger charge is -2.09. The van der Waals surface area contributed by atoms with E-state index in [1.807, 2.05) is 0 Å². The predicted molar refractivity (Wildman–Crippen MR) is 74.5 cm³/mol. The average molecular weight is 340 g/mol. The van der Waals surface area contributed by atoms with E-state index in [-0.39, 0.29) is 5.82 Å². The number of hydrogen-bond acceptors (Lipinski definition) is 4. The van der Waals surface area contributed by atoms with Crippen LogP contribution < -0.4 is 4.74 Å². The molecular formula is C14H11BrFNO3. The Kier molecular flexibility index (Phi) is 4.34. The summed E-state index contributed by atoms with van der Waals surface area (Å²) in [5.41, 5.74) is 0.866. The first-order valence-electron chi connectivity index (χ1n) is 5.70. The molecule has 0 aliphatic carbocycles. The standard InChI is InChI=1S/C14H11BrFNO3/c1-8-10(14(18)19-2)4-6-13(17-8)20-12-5-3-9(16)7-11(12)15/h3-7H,1-2H3. The van der Waals surface area contributed by atoms with E-state index in [1.165, 1.54) is 25.3 Å². The molecule has 1 heterocycles. The maximum Gasteiger partial charge on any atom is 0.339 e. The highest BCUT2D eigenvalue weighted by molar-refractivity contribution is 9.10. The number of pyridine rings is 1. The van der Waals surface area contributed by atoms with Crippen LogP contribution in [0, 0.1) is 12.7 Å². The third-order valence-corrected chi connectivity index (χ3v) is 3.19. The summed E-state index contributed by atoms with van der Waals surface area (Å²) in [6, 6.07) is 7.20. The summed E-state index contributed by atoms with van der Waals surface area (Å²) in [5, 5.41) is 0. The Hall–Kier alpha value is -1.95. The molecule has 0 atom stereocenters. The fourth-order valence-electron chi connectivity index (χ4n) is 1.59. The van der Waals surface area contributed by atoms with E-state index in [1.54, 1.807) is 19.1 Å². The highest BCUT2D eigenvalue weighted by Crippen LogP contribution is 2.29. The quantitative estimate of drug-likeness (QED) is 0.796. The summed E-state index contributed by atoms with van der Waals surface area (Å²) in [6.07, 6.45) is 0. The van der Waals surface area contributed by atoms with Crippen molar-refractivity contribution in [2.45, 2.75) is 6.92 Å². The number of aromatic nitrogens is 1. The number of carbonyl (C=O) groups is 1. The van der Waals surface area contributed by atoms with Gasteiger partial charge in [0.15, 0.2) is 0 Å². The number of esters is 1. The van der Waals surface area contributed by atoms with Crippen LogP contribution in [0.15, 0.2) is 34.8 Å². The zero-order valence-electron chi connectivity index (χ0n) is 10.8. The molecule has 0 N–H and O–H groups in total. The van der Waals surface area contributed by atoms with Gasteiger partial charge in [-0.25, -0.2) is 14.2 Å². The number of aryl methyl sites for hydroxylation is 1. The maximum absolute atomic E-state index is 13.0. The molecule has 0 unspecified atom stereocenters. The highest BCUT2D eigenvalue weighted by Gasteiger charge is 2.12. The molecule has 1 aromatic carbocycles. The van der Waals surface area contributed by atoms with Crippen LogP contribution in [-0.4, -0.2) is 18.1 Å². The minimum Gasteiger partial charge on any atom is -0.465 e. The second-order valence-electron chi connectivity index (χ2n) is 3.95. The zero-order valence-corrected chi connectivity index (χ0v) is 12.4. The topological polar surface area (TPSA) is 48.4 Å². The smallest absolute Gasteiger partial charge is 0.339 e. The summed E-state index contributed by atoms with van der Waals surface area (Å²) >= 11 is 3.21. The van der Waals surface area contributed by atoms with Crippen molar-refractivity contribution in [3.8, 4) is 11.6 Å². The van der Waals surface area contributed by atoms with Crippen LogP contribution in [0.25, 0.3) is 0 Å². The van der Waals surface area contributed by atoms with Crippen molar-refractivity contribution in [2.24, 2.45) is 0 Å². The molecule has 0 saturated heterocycles. The van der Waals surface area contributed by atoms with Gasteiger partial charge in [-0.15, -0.1) is 0 Å². The minimum atomic E-state index is -0.454. The molecule has 0 bridgehead atoms. The van der Waals surface area contributed by atoms with Crippen molar-refractivity contribution >= 4 is 21.9 Å². The van der Waals surface area contributed by atoms with Crippen LogP contribution >= 0.6 is 15.9 Å². The fourth-order valence-corrected chi connectivity index (χ4v) is 2.02. The number of halogens is 2. The van der Waals surface area contributed by atoms with E-state index >= 15 is 0 Å². The molecule has 0 radical (unpaired) electrons. The minimum absolute atomic E-state index is 0.308. The third kappa shape index (κ3) is 3.14. The molecule has 0 aliphatic heterocycles. The van der Waals surface area contributed by atoms with Crippen molar-refractivity contribution in [1.82, 2.24) is 4.98 Å². The number of rotatable bonds is 3. The zero-order chi connectivity index (χ0) is 14.7. The normalized spacial score (nSPS) is 10.2. The van der Waals surface area contributed by atoms with Gasteiger partial charge in [-0.1, -0.05) is 0 Å². The first kappa shape index (κ1) is 14.5. The largest absolute Gasteiger partial charge is 0.465 e. The molecule has 4 nitrogen and oxygen atoms in total. The molecule has 0 amide bonds. The van der Waals surface area contributed by atoms with Crippen LogP contribution in [-0.2, 0) is 4.74 Å². The first-order valence-corrected chi connectivity index (χ1v) is 6.49. The second kappa shape index (κ2) is 6.00. The first-order chi connectivity index (χ1) is 9.51. The van der Waals surface area contributed by atoms with Crippen molar-refractivity contribution in [3.63, 3.8) is 0 Å². The summed E-state index contributed by atoms with van der Waals surface area (Å²) in [7, 11) is 1.31. The predicted octanol–water partition coefficient (Wildman–Crippen LogP) is 3.87. The third-order valence-electron chi connectivity index (χ3n) is 2.57. The van der Waals surface area contributed by atoms with Crippen molar-refractivity contribution in [3.05, 3.63) is 51.9 Å². The van der Waals surface area contributed by atoms with Crippen LogP contribution in [0.2, 0.25) is 0 Å². The van der Waals surface area contributed by atoms with Crippen molar-refractivity contribution < 1.29 is 18.7 Å². The van der Waals surface area contributed by atoms with E-state index in [4.69, 9.17) is 4.74 Å². The van der Waals surface area contributed by atoms with Crippen LogP contribution in [0.5, 0.6) is 11.6 Å². The van der Waals surface area contributed by atoms with Gasteiger partial charge in [0.25, 0.3) is 0 Å². The van der Waals surface area contributed by atoms with Gasteiger partial charge in [-0.2, -0.15) is 0 Å². The van der Waals surface area contributed by atoms with Gasteiger partial charge in [-0.05, 0) is 47.1 Å². The Morgan fingerprint density at radius 2 is 2.05 bits per heavy atom. The van der Waals surface area contributed by atoms with Gasteiger partial charge in [0.2, 0.25) is 5.88 Å². The lowest BCUT2D eigenvalue weighted by atomic mass is 10.2. The number of carbonyl (C=O) groups excluding carboxylic acids is 1. The Morgan fingerprint density at radius 3 is 2.65 bits per heavy atom. The Morgan fingerprint density at radius 1 is 1.30 bits per heavy atom. The summed E-state index contributed by atoms with van der Waals surface area (Å²) in [6.45, 7) is 1.68. The number of hydrogen-bond donors (Lipinski definition) is 0.